The van der Waals surface area contributed by atoms with Crippen molar-refractivity contribution in [2.75, 3.05) is 39.8 Å². The van der Waals surface area contributed by atoms with Gasteiger partial charge in [0.2, 0.25) is 0 Å². The number of hydrogen-bond acceptors (Lipinski definition) is 5. The third-order valence-corrected chi connectivity index (χ3v) is 4.34. The Kier molecular flexibility index (Phi) is 4.89. The summed E-state index contributed by atoms with van der Waals surface area (Å²) < 4.78 is 5.80. The summed E-state index contributed by atoms with van der Waals surface area (Å²) >= 11 is 0. The van der Waals surface area contributed by atoms with Gasteiger partial charge in [-0.1, -0.05) is 0 Å². The van der Waals surface area contributed by atoms with Crippen molar-refractivity contribution < 1.29 is 9.53 Å². The zero-order chi connectivity index (χ0) is 16.2. The summed E-state index contributed by atoms with van der Waals surface area (Å²) in [7, 11) is 2.07. The van der Waals surface area contributed by atoms with E-state index in [1.54, 1.807) is 12.1 Å². The van der Waals surface area contributed by atoms with Crippen molar-refractivity contribution in [2.45, 2.75) is 18.9 Å². The maximum atomic E-state index is 12.8. The minimum atomic E-state index is -0.0711. The van der Waals surface area contributed by atoms with Crippen LogP contribution in [-0.2, 0) is 4.74 Å². The molecule has 23 heavy (non-hydrogen) atoms. The van der Waals surface area contributed by atoms with Crippen LogP contribution in [0.15, 0.2) is 18.3 Å². The van der Waals surface area contributed by atoms with Gasteiger partial charge >= 0.3 is 0 Å². The molecule has 2 fully saturated rings. The van der Waals surface area contributed by atoms with E-state index in [0.717, 1.165) is 19.6 Å². The average Bonchev–Trinajstić information content (AvgIpc) is 3.38. The van der Waals surface area contributed by atoms with Crippen LogP contribution in [0.1, 0.15) is 28.9 Å². The SMILES string of the molecule is CN1CCOC(CN(CC2CC2)C(=O)c2ccc(C#N)cn2)C1. The molecule has 2 heterocycles. The lowest BCUT2D eigenvalue weighted by atomic mass is 10.2. The summed E-state index contributed by atoms with van der Waals surface area (Å²) in [5.41, 5.74) is 0.862. The van der Waals surface area contributed by atoms with Crippen LogP contribution in [0.25, 0.3) is 0 Å². The summed E-state index contributed by atoms with van der Waals surface area (Å²) in [4.78, 5) is 21.0. The summed E-state index contributed by atoms with van der Waals surface area (Å²) in [6.45, 7) is 3.85. The first kappa shape index (κ1) is 15.9. The molecule has 1 saturated carbocycles. The number of aromatic nitrogens is 1. The normalized spacial score (nSPS) is 21.7. The first-order valence-corrected chi connectivity index (χ1v) is 8.11. The second-order valence-corrected chi connectivity index (χ2v) is 6.45. The van der Waals surface area contributed by atoms with Gasteiger partial charge in [-0.2, -0.15) is 5.26 Å². The molecule has 3 rings (SSSR count). The van der Waals surface area contributed by atoms with E-state index in [1.807, 2.05) is 11.0 Å². The zero-order valence-corrected chi connectivity index (χ0v) is 13.4. The molecule has 1 unspecified atom stereocenters. The second-order valence-electron chi connectivity index (χ2n) is 6.45. The van der Waals surface area contributed by atoms with Crippen LogP contribution in [0.3, 0.4) is 0 Å². The minimum absolute atomic E-state index is 0.0508. The van der Waals surface area contributed by atoms with Gasteiger partial charge in [-0.05, 0) is 37.9 Å². The quantitative estimate of drug-likeness (QED) is 0.815. The van der Waals surface area contributed by atoms with Crippen LogP contribution < -0.4 is 0 Å². The number of carbonyl (C=O) groups is 1. The van der Waals surface area contributed by atoms with Gasteiger partial charge in [-0.25, -0.2) is 4.98 Å². The Morgan fingerprint density at radius 1 is 1.48 bits per heavy atom. The van der Waals surface area contributed by atoms with Crippen molar-refractivity contribution in [1.82, 2.24) is 14.8 Å². The van der Waals surface area contributed by atoms with Gasteiger partial charge in [0.25, 0.3) is 5.91 Å². The summed E-state index contributed by atoms with van der Waals surface area (Å²) in [6.07, 6.45) is 3.88. The smallest absolute Gasteiger partial charge is 0.272 e. The van der Waals surface area contributed by atoms with Crippen molar-refractivity contribution in [3.63, 3.8) is 0 Å². The fraction of sp³-hybridized carbons (Fsp3) is 0.588. The first-order valence-electron chi connectivity index (χ1n) is 8.11. The molecule has 0 aromatic carbocycles. The molecule has 1 aliphatic heterocycles. The van der Waals surface area contributed by atoms with E-state index in [9.17, 15) is 4.79 Å². The maximum Gasteiger partial charge on any atom is 0.272 e. The van der Waals surface area contributed by atoms with Crippen LogP contribution >= 0.6 is 0 Å². The number of likely N-dealkylation sites (N-methyl/N-ethyl adjacent to an activating group) is 1. The van der Waals surface area contributed by atoms with Gasteiger partial charge in [0.1, 0.15) is 11.8 Å². The van der Waals surface area contributed by atoms with Crippen LogP contribution in [-0.4, -0.2) is 66.6 Å². The number of nitriles is 1. The lowest BCUT2D eigenvalue weighted by Gasteiger charge is -2.34. The van der Waals surface area contributed by atoms with Gasteiger partial charge in [0.05, 0.1) is 18.3 Å². The number of hydrogen-bond donors (Lipinski definition) is 0. The Balaban J connectivity index is 1.69. The average molecular weight is 314 g/mol. The fourth-order valence-corrected chi connectivity index (χ4v) is 2.82. The standard InChI is InChI=1S/C17H22N4O2/c1-20-6-7-23-15(11-20)12-21(10-13-2-3-13)17(22)16-5-4-14(8-18)9-19-16/h4-5,9,13,15H,2-3,6-7,10-12H2,1H3. The van der Waals surface area contributed by atoms with Crippen molar-refractivity contribution in [2.24, 2.45) is 5.92 Å². The van der Waals surface area contributed by atoms with Crippen LogP contribution in [0.4, 0.5) is 0 Å². The molecule has 2 aliphatic rings. The van der Waals surface area contributed by atoms with Crippen LogP contribution in [0.5, 0.6) is 0 Å². The van der Waals surface area contributed by atoms with Gasteiger partial charge in [0, 0.05) is 32.4 Å². The van der Waals surface area contributed by atoms with E-state index in [4.69, 9.17) is 10.00 Å². The van der Waals surface area contributed by atoms with E-state index in [-0.39, 0.29) is 12.0 Å². The van der Waals surface area contributed by atoms with Gasteiger partial charge in [-0.3, -0.25) is 4.79 Å². The molecular formula is C17H22N4O2. The van der Waals surface area contributed by atoms with E-state index in [0.29, 0.717) is 30.3 Å². The Morgan fingerprint density at radius 2 is 2.30 bits per heavy atom. The lowest BCUT2D eigenvalue weighted by Crippen LogP contribution is -2.48. The highest BCUT2D eigenvalue weighted by atomic mass is 16.5. The predicted molar refractivity (Wildman–Crippen MR) is 84.8 cm³/mol. The Hall–Kier alpha value is -1.97. The molecule has 6 heteroatoms. The molecule has 1 atom stereocenters. The van der Waals surface area contributed by atoms with Crippen LogP contribution in [0.2, 0.25) is 0 Å². The van der Waals surface area contributed by atoms with Crippen molar-refractivity contribution in [1.29, 1.82) is 5.26 Å². The molecule has 6 nitrogen and oxygen atoms in total. The fourth-order valence-electron chi connectivity index (χ4n) is 2.82. The van der Waals surface area contributed by atoms with Gasteiger partial charge in [0.15, 0.2) is 0 Å². The van der Waals surface area contributed by atoms with Crippen molar-refractivity contribution in [3.05, 3.63) is 29.6 Å². The van der Waals surface area contributed by atoms with E-state index >= 15 is 0 Å². The van der Waals surface area contributed by atoms with Gasteiger partial charge in [-0.15, -0.1) is 0 Å². The molecule has 0 spiro atoms. The number of nitrogens with zero attached hydrogens (tertiary/aromatic N) is 4. The lowest BCUT2D eigenvalue weighted by molar-refractivity contribution is -0.0332. The highest BCUT2D eigenvalue weighted by molar-refractivity contribution is 5.92. The molecule has 0 bridgehead atoms. The molecule has 1 aliphatic carbocycles. The highest BCUT2D eigenvalue weighted by Crippen LogP contribution is 2.30. The Morgan fingerprint density at radius 3 is 2.91 bits per heavy atom. The van der Waals surface area contributed by atoms with E-state index in [2.05, 4.69) is 16.9 Å². The van der Waals surface area contributed by atoms with Crippen molar-refractivity contribution in [3.8, 4) is 6.07 Å². The molecule has 0 radical (unpaired) electrons. The summed E-state index contributed by atoms with van der Waals surface area (Å²) in [5.74, 6) is 0.539. The molecule has 122 valence electrons. The number of morpholine rings is 1. The summed E-state index contributed by atoms with van der Waals surface area (Å²) in [6, 6.07) is 5.30. The van der Waals surface area contributed by atoms with E-state index < -0.39 is 0 Å². The number of amides is 1. The monoisotopic (exact) mass is 314 g/mol. The maximum absolute atomic E-state index is 12.8. The van der Waals surface area contributed by atoms with E-state index in [1.165, 1.54) is 19.0 Å². The number of ether oxygens (including phenoxy) is 1. The third-order valence-electron chi connectivity index (χ3n) is 4.34. The predicted octanol–water partition coefficient (Wildman–Crippen LogP) is 1.14. The minimum Gasteiger partial charge on any atom is -0.374 e. The Bertz CT molecular complexity index is 592. The van der Waals surface area contributed by atoms with Crippen LogP contribution in [0, 0.1) is 17.2 Å². The highest BCUT2D eigenvalue weighted by Gasteiger charge is 2.30. The number of carbonyl (C=O) groups excluding carboxylic acids is 1. The van der Waals surface area contributed by atoms with Crippen molar-refractivity contribution >= 4 is 5.91 Å². The number of pyridine rings is 1. The molecule has 1 aromatic rings. The largest absolute Gasteiger partial charge is 0.374 e. The molecular weight excluding hydrogens is 292 g/mol. The Labute approximate surface area is 136 Å². The second kappa shape index (κ2) is 7.07. The first-order chi connectivity index (χ1) is 11.2. The number of rotatable bonds is 5. The third kappa shape index (κ3) is 4.27. The molecule has 1 aromatic heterocycles. The molecule has 1 saturated heterocycles. The zero-order valence-electron chi connectivity index (χ0n) is 13.4. The van der Waals surface area contributed by atoms with Gasteiger partial charge < -0.3 is 14.5 Å². The summed E-state index contributed by atoms with van der Waals surface area (Å²) in [5, 5.41) is 8.84. The molecule has 1 amide bonds. The topological polar surface area (TPSA) is 69.5 Å². The molecule has 0 N–H and O–H groups in total.